The fraction of sp³-hybridized carbons (Fsp3) is 0.500. The van der Waals surface area contributed by atoms with Crippen molar-refractivity contribution in [3.63, 3.8) is 0 Å². The number of hydrogen-bond donors (Lipinski definition) is 0. The zero-order valence-electron chi connectivity index (χ0n) is 12.7. The van der Waals surface area contributed by atoms with Gasteiger partial charge in [0, 0.05) is 6.42 Å². The maximum absolute atomic E-state index is 12.0. The largest absolute Gasteiger partial charge is 0.457 e. The molecule has 1 unspecified atom stereocenters. The lowest BCUT2D eigenvalue weighted by molar-refractivity contribution is -0.166. The molecule has 20 heavy (non-hydrogen) atoms. The topological polar surface area (TPSA) is 47.9 Å². The number of aryl methyl sites for hydroxylation is 2. The van der Waals surface area contributed by atoms with E-state index in [4.69, 9.17) is 9.57 Å². The number of carbonyl (C=O) groups is 1. The first-order valence-corrected chi connectivity index (χ1v) is 6.79. The normalized spacial score (nSPS) is 18.4. The van der Waals surface area contributed by atoms with Crippen LogP contribution in [0.15, 0.2) is 23.4 Å². The smallest absolute Gasteiger partial charge is 0.351 e. The van der Waals surface area contributed by atoms with E-state index in [1.807, 2.05) is 46.8 Å². The van der Waals surface area contributed by atoms with Gasteiger partial charge >= 0.3 is 5.97 Å². The van der Waals surface area contributed by atoms with Crippen LogP contribution in [0.5, 0.6) is 0 Å². The first kappa shape index (κ1) is 14.6. The monoisotopic (exact) mass is 275 g/mol. The standard InChI is InChI=1S/C16H21NO3/c1-10-6-11(2)8-12(7-10)13-9-14(20-17-13)15(18)19-16(3,4)5/h6-8,14H,9H2,1-5H3. The van der Waals surface area contributed by atoms with Gasteiger partial charge in [0.1, 0.15) is 5.60 Å². The van der Waals surface area contributed by atoms with E-state index in [1.165, 1.54) is 11.1 Å². The third-order valence-electron chi connectivity index (χ3n) is 2.89. The maximum atomic E-state index is 12.0. The summed E-state index contributed by atoms with van der Waals surface area (Å²) in [5, 5.41) is 4.04. The third-order valence-corrected chi connectivity index (χ3v) is 2.89. The summed E-state index contributed by atoms with van der Waals surface area (Å²) in [6.07, 6.45) is -0.178. The van der Waals surface area contributed by atoms with Crippen LogP contribution >= 0.6 is 0 Å². The van der Waals surface area contributed by atoms with Crippen molar-refractivity contribution in [1.29, 1.82) is 0 Å². The second kappa shape index (κ2) is 5.27. The number of hydrogen-bond acceptors (Lipinski definition) is 4. The molecule has 0 saturated heterocycles. The van der Waals surface area contributed by atoms with Crippen molar-refractivity contribution in [3.8, 4) is 0 Å². The molecule has 0 spiro atoms. The van der Waals surface area contributed by atoms with Crippen LogP contribution in [0.2, 0.25) is 0 Å². The number of ether oxygens (including phenoxy) is 1. The highest BCUT2D eigenvalue weighted by Gasteiger charge is 2.32. The molecule has 1 aliphatic rings. The molecule has 0 fully saturated rings. The number of rotatable bonds is 2. The summed E-state index contributed by atoms with van der Waals surface area (Å²) in [7, 11) is 0. The lowest BCUT2D eigenvalue weighted by Gasteiger charge is -2.21. The lowest BCUT2D eigenvalue weighted by atomic mass is 10.0. The number of benzene rings is 1. The molecule has 1 aromatic carbocycles. The molecule has 4 nitrogen and oxygen atoms in total. The number of oxime groups is 1. The van der Waals surface area contributed by atoms with Crippen LogP contribution in [0.4, 0.5) is 0 Å². The van der Waals surface area contributed by atoms with Crippen molar-refractivity contribution in [2.45, 2.75) is 52.7 Å². The Hall–Kier alpha value is -1.84. The van der Waals surface area contributed by atoms with Crippen molar-refractivity contribution in [2.24, 2.45) is 5.16 Å². The van der Waals surface area contributed by atoms with E-state index < -0.39 is 11.7 Å². The highest BCUT2D eigenvalue weighted by atomic mass is 16.7. The van der Waals surface area contributed by atoms with Crippen LogP contribution in [-0.4, -0.2) is 23.4 Å². The van der Waals surface area contributed by atoms with E-state index in [1.54, 1.807) is 0 Å². The molecule has 0 N–H and O–H groups in total. The fourth-order valence-corrected chi connectivity index (χ4v) is 2.18. The molecule has 108 valence electrons. The Bertz CT molecular complexity index is 535. The molecule has 0 amide bonds. The Morgan fingerprint density at radius 2 is 1.85 bits per heavy atom. The van der Waals surface area contributed by atoms with Crippen molar-refractivity contribution in [1.82, 2.24) is 0 Å². The van der Waals surface area contributed by atoms with Gasteiger partial charge in [-0.2, -0.15) is 0 Å². The minimum absolute atomic E-state index is 0.361. The second-order valence-corrected chi connectivity index (χ2v) is 6.25. The molecule has 0 radical (unpaired) electrons. The molecule has 1 atom stereocenters. The van der Waals surface area contributed by atoms with Gasteiger partial charge < -0.3 is 9.57 Å². The van der Waals surface area contributed by atoms with Crippen LogP contribution < -0.4 is 0 Å². The Balaban J connectivity index is 2.06. The summed E-state index contributed by atoms with van der Waals surface area (Å²) >= 11 is 0. The van der Waals surface area contributed by atoms with Crippen LogP contribution in [0.3, 0.4) is 0 Å². The third kappa shape index (κ3) is 3.59. The first-order chi connectivity index (χ1) is 9.24. The van der Waals surface area contributed by atoms with E-state index in [9.17, 15) is 4.79 Å². The zero-order valence-corrected chi connectivity index (χ0v) is 12.7. The SMILES string of the molecule is Cc1cc(C)cc(C2=NOC(C(=O)OC(C)(C)C)C2)c1. The van der Waals surface area contributed by atoms with Crippen LogP contribution in [0.1, 0.15) is 43.9 Å². The van der Waals surface area contributed by atoms with Gasteiger partial charge in [0.15, 0.2) is 0 Å². The molecule has 0 aliphatic carbocycles. The first-order valence-electron chi connectivity index (χ1n) is 6.79. The molecule has 1 aliphatic heterocycles. The molecule has 0 bridgehead atoms. The van der Waals surface area contributed by atoms with Crippen LogP contribution in [0.25, 0.3) is 0 Å². The fourth-order valence-electron chi connectivity index (χ4n) is 2.18. The second-order valence-electron chi connectivity index (χ2n) is 6.25. The number of esters is 1. The number of carbonyl (C=O) groups excluding carboxylic acids is 1. The van der Waals surface area contributed by atoms with Crippen molar-refractivity contribution < 1.29 is 14.4 Å². The van der Waals surface area contributed by atoms with Crippen LogP contribution in [-0.2, 0) is 14.4 Å². The molecule has 0 saturated carbocycles. The highest BCUT2D eigenvalue weighted by Crippen LogP contribution is 2.21. The average Bonchev–Trinajstić information content (AvgIpc) is 2.74. The van der Waals surface area contributed by atoms with E-state index in [0.29, 0.717) is 6.42 Å². The summed E-state index contributed by atoms with van der Waals surface area (Å²) in [5.41, 5.74) is 3.64. The zero-order chi connectivity index (χ0) is 14.9. The summed E-state index contributed by atoms with van der Waals surface area (Å²) in [4.78, 5) is 17.2. The highest BCUT2D eigenvalue weighted by molar-refractivity contribution is 6.03. The van der Waals surface area contributed by atoms with Gasteiger partial charge in [-0.15, -0.1) is 0 Å². The molecule has 2 rings (SSSR count). The summed E-state index contributed by atoms with van der Waals surface area (Å²) in [6, 6.07) is 6.20. The molecule has 1 heterocycles. The Morgan fingerprint density at radius 1 is 1.25 bits per heavy atom. The van der Waals surface area contributed by atoms with E-state index in [-0.39, 0.29) is 5.97 Å². The predicted octanol–water partition coefficient (Wildman–Crippen LogP) is 3.14. The molecule has 0 aromatic heterocycles. The quantitative estimate of drug-likeness (QED) is 0.779. The maximum Gasteiger partial charge on any atom is 0.351 e. The van der Waals surface area contributed by atoms with Crippen molar-refractivity contribution >= 4 is 11.7 Å². The predicted molar refractivity (Wildman–Crippen MR) is 77.8 cm³/mol. The van der Waals surface area contributed by atoms with Crippen molar-refractivity contribution in [3.05, 3.63) is 34.9 Å². The van der Waals surface area contributed by atoms with Crippen LogP contribution in [0, 0.1) is 13.8 Å². The van der Waals surface area contributed by atoms with Gasteiger partial charge in [0.2, 0.25) is 6.10 Å². The number of nitrogens with zero attached hydrogens (tertiary/aromatic N) is 1. The van der Waals surface area contributed by atoms with Gasteiger partial charge in [-0.3, -0.25) is 0 Å². The van der Waals surface area contributed by atoms with Gasteiger partial charge in [-0.25, -0.2) is 4.79 Å². The average molecular weight is 275 g/mol. The summed E-state index contributed by atoms with van der Waals surface area (Å²) < 4.78 is 5.32. The van der Waals surface area contributed by atoms with Crippen molar-refractivity contribution in [2.75, 3.05) is 0 Å². The Morgan fingerprint density at radius 3 is 2.40 bits per heavy atom. The van der Waals surface area contributed by atoms with E-state index in [2.05, 4.69) is 11.2 Å². The Kier molecular flexibility index (Phi) is 3.84. The molecule has 1 aromatic rings. The molecular formula is C16H21NO3. The van der Waals surface area contributed by atoms with E-state index >= 15 is 0 Å². The molecule has 4 heteroatoms. The van der Waals surface area contributed by atoms with Gasteiger partial charge in [-0.1, -0.05) is 34.5 Å². The summed E-state index contributed by atoms with van der Waals surface area (Å²) in [5.74, 6) is -0.361. The lowest BCUT2D eigenvalue weighted by Crippen LogP contribution is -2.32. The minimum atomic E-state index is -0.634. The van der Waals surface area contributed by atoms with Gasteiger partial charge in [0.25, 0.3) is 0 Å². The summed E-state index contributed by atoms with van der Waals surface area (Å²) in [6.45, 7) is 9.60. The Labute approximate surface area is 119 Å². The minimum Gasteiger partial charge on any atom is -0.457 e. The molecular weight excluding hydrogens is 254 g/mol. The van der Waals surface area contributed by atoms with E-state index in [0.717, 1.165) is 11.3 Å². The van der Waals surface area contributed by atoms with Gasteiger partial charge in [0.05, 0.1) is 5.71 Å². The van der Waals surface area contributed by atoms with Gasteiger partial charge in [-0.05, 0) is 40.2 Å².